The van der Waals surface area contributed by atoms with Gasteiger partial charge in [-0.2, -0.15) is 5.10 Å². The Morgan fingerprint density at radius 2 is 1.95 bits per heavy atom. The zero-order chi connectivity index (χ0) is 29.8. The van der Waals surface area contributed by atoms with Crippen LogP contribution in [0.15, 0.2) is 42.7 Å². The van der Waals surface area contributed by atoms with Gasteiger partial charge in [-0.3, -0.25) is 13.8 Å². The Balaban J connectivity index is 1.46. The topological polar surface area (TPSA) is 123 Å². The first kappa shape index (κ1) is 28.2. The number of hydrogen-bond acceptors (Lipinski definition) is 7. The van der Waals surface area contributed by atoms with E-state index >= 15 is 0 Å². The average molecular weight is 596 g/mol. The molecule has 1 saturated heterocycles. The SMILES string of the molecule is Cc1cc2c(Nc3ccc(-c4cnn(C)c4)cc3N(C)S(C)(=O)=O)cc(NC(=O)[C@@H]3C[C@@H]3F)nc2n1C1CCCCO1. The van der Waals surface area contributed by atoms with Gasteiger partial charge in [-0.05, 0) is 56.4 Å². The van der Waals surface area contributed by atoms with Gasteiger partial charge >= 0.3 is 0 Å². The number of halogens is 1. The molecule has 42 heavy (non-hydrogen) atoms. The predicted molar refractivity (Wildman–Crippen MR) is 160 cm³/mol. The van der Waals surface area contributed by atoms with Crippen LogP contribution >= 0.6 is 0 Å². The third-order valence-electron chi connectivity index (χ3n) is 7.89. The van der Waals surface area contributed by atoms with Crippen molar-refractivity contribution in [1.82, 2.24) is 19.3 Å². The number of anilines is 4. The van der Waals surface area contributed by atoms with Crippen LogP contribution in [0.3, 0.4) is 0 Å². The number of carbonyl (C=O) groups is 1. The number of rotatable bonds is 8. The fourth-order valence-electron chi connectivity index (χ4n) is 5.40. The van der Waals surface area contributed by atoms with Crippen LogP contribution in [0.1, 0.15) is 37.6 Å². The normalized spacial score (nSPS) is 20.5. The highest BCUT2D eigenvalue weighted by Gasteiger charge is 2.43. The van der Waals surface area contributed by atoms with Crippen LogP contribution in [0.5, 0.6) is 0 Å². The molecule has 13 heteroatoms. The quantitative estimate of drug-likeness (QED) is 0.298. The van der Waals surface area contributed by atoms with Crippen molar-refractivity contribution in [1.29, 1.82) is 0 Å². The molecule has 1 aliphatic carbocycles. The lowest BCUT2D eigenvalue weighted by Gasteiger charge is -2.26. The zero-order valence-electron chi connectivity index (χ0n) is 24.0. The van der Waals surface area contributed by atoms with Gasteiger partial charge in [0.15, 0.2) is 0 Å². The Kier molecular flexibility index (Phi) is 7.17. The molecule has 2 aliphatic rings. The molecule has 1 aromatic carbocycles. The van der Waals surface area contributed by atoms with Crippen molar-refractivity contribution in [3.63, 3.8) is 0 Å². The molecule has 11 nitrogen and oxygen atoms in total. The van der Waals surface area contributed by atoms with Gasteiger partial charge in [0.25, 0.3) is 0 Å². The molecule has 6 rings (SSSR count). The van der Waals surface area contributed by atoms with Gasteiger partial charge in [0.2, 0.25) is 15.9 Å². The summed E-state index contributed by atoms with van der Waals surface area (Å²) in [5, 5.41) is 11.2. The number of nitrogens with zero attached hydrogens (tertiary/aromatic N) is 5. The van der Waals surface area contributed by atoms with Crippen LogP contribution in [0.4, 0.5) is 27.3 Å². The molecule has 1 saturated carbocycles. The number of nitrogens with one attached hydrogen (secondary N) is 2. The zero-order valence-corrected chi connectivity index (χ0v) is 24.8. The van der Waals surface area contributed by atoms with Crippen molar-refractivity contribution in [2.75, 3.05) is 34.8 Å². The minimum atomic E-state index is -3.61. The summed E-state index contributed by atoms with van der Waals surface area (Å²) in [6.07, 6.45) is 6.43. The van der Waals surface area contributed by atoms with E-state index in [-0.39, 0.29) is 18.5 Å². The summed E-state index contributed by atoms with van der Waals surface area (Å²) in [4.78, 5) is 17.5. The lowest BCUT2D eigenvalue weighted by molar-refractivity contribution is -0.117. The Morgan fingerprint density at radius 1 is 1.17 bits per heavy atom. The van der Waals surface area contributed by atoms with Crippen molar-refractivity contribution in [2.24, 2.45) is 13.0 Å². The van der Waals surface area contributed by atoms with Gasteiger partial charge in [0.1, 0.15) is 23.9 Å². The minimum absolute atomic E-state index is 0.202. The van der Waals surface area contributed by atoms with Crippen LogP contribution in [0.25, 0.3) is 22.2 Å². The Bertz CT molecular complexity index is 1780. The second-order valence-corrected chi connectivity index (χ2v) is 13.1. The Hall–Kier alpha value is -3.97. The van der Waals surface area contributed by atoms with Crippen molar-refractivity contribution in [2.45, 2.75) is 45.0 Å². The molecule has 4 aromatic rings. The number of carbonyl (C=O) groups excluding carboxylic acids is 1. The molecule has 222 valence electrons. The second-order valence-electron chi connectivity index (χ2n) is 11.1. The van der Waals surface area contributed by atoms with E-state index in [1.807, 2.05) is 42.9 Å². The third-order valence-corrected chi connectivity index (χ3v) is 9.08. The van der Waals surface area contributed by atoms with Crippen LogP contribution < -0.4 is 14.9 Å². The fraction of sp³-hybridized carbons (Fsp3) is 0.414. The summed E-state index contributed by atoms with van der Waals surface area (Å²) in [6, 6.07) is 9.19. The summed E-state index contributed by atoms with van der Waals surface area (Å²) in [7, 11) is -0.291. The first-order valence-electron chi connectivity index (χ1n) is 13.9. The maximum atomic E-state index is 13.7. The number of amides is 1. The van der Waals surface area contributed by atoms with Crippen LogP contribution in [-0.4, -0.2) is 59.7 Å². The molecule has 1 unspecified atom stereocenters. The lowest BCUT2D eigenvalue weighted by Crippen LogP contribution is -2.25. The summed E-state index contributed by atoms with van der Waals surface area (Å²) in [6.45, 7) is 2.63. The van der Waals surface area contributed by atoms with Gasteiger partial charge in [0.05, 0.1) is 35.4 Å². The maximum absolute atomic E-state index is 13.7. The molecule has 1 aliphatic heterocycles. The number of pyridine rings is 1. The third kappa shape index (κ3) is 5.45. The van der Waals surface area contributed by atoms with Crippen LogP contribution in [0.2, 0.25) is 0 Å². The van der Waals surface area contributed by atoms with Gasteiger partial charge in [0, 0.05) is 49.6 Å². The number of ether oxygens (including phenoxy) is 1. The summed E-state index contributed by atoms with van der Waals surface area (Å²) < 4.78 is 50.0. The smallest absolute Gasteiger partial charge is 0.232 e. The summed E-state index contributed by atoms with van der Waals surface area (Å²) in [5.41, 5.74) is 4.76. The first-order chi connectivity index (χ1) is 20.0. The number of alkyl halides is 1. The van der Waals surface area contributed by atoms with E-state index in [1.54, 1.807) is 23.0 Å². The largest absolute Gasteiger partial charge is 0.358 e. The van der Waals surface area contributed by atoms with Crippen LogP contribution in [-0.2, 0) is 26.6 Å². The van der Waals surface area contributed by atoms with E-state index in [4.69, 9.17) is 9.72 Å². The molecule has 2 fully saturated rings. The average Bonchev–Trinajstić information content (AvgIpc) is 3.36. The highest BCUT2D eigenvalue weighted by Crippen LogP contribution is 2.40. The highest BCUT2D eigenvalue weighted by molar-refractivity contribution is 7.92. The summed E-state index contributed by atoms with van der Waals surface area (Å²) in [5.74, 6) is -0.819. The van der Waals surface area contributed by atoms with Crippen molar-refractivity contribution in [3.05, 3.63) is 48.4 Å². The van der Waals surface area contributed by atoms with E-state index in [9.17, 15) is 17.6 Å². The molecule has 3 aromatic heterocycles. The van der Waals surface area contributed by atoms with E-state index in [0.29, 0.717) is 29.3 Å². The monoisotopic (exact) mass is 595 g/mol. The molecule has 4 heterocycles. The molecule has 3 atom stereocenters. The molecule has 2 N–H and O–H groups in total. The van der Waals surface area contributed by atoms with Gasteiger partial charge in [-0.15, -0.1) is 0 Å². The molecule has 0 bridgehead atoms. The number of benzene rings is 1. The number of hydrogen-bond donors (Lipinski definition) is 2. The van der Waals surface area contributed by atoms with Gasteiger partial charge in [-0.1, -0.05) is 6.07 Å². The molecular weight excluding hydrogens is 561 g/mol. The molecular formula is C29H34FN7O4S. The lowest BCUT2D eigenvalue weighted by atomic mass is 10.1. The Morgan fingerprint density at radius 3 is 2.60 bits per heavy atom. The Labute approximate surface area is 243 Å². The molecule has 1 amide bonds. The number of sulfonamides is 1. The maximum Gasteiger partial charge on any atom is 0.232 e. The van der Waals surface area contributed by atoms with E-state index in [1.165, 1.54) is 11.4 Å². The van der Waals surface area contributed by atoms with E-state index < -0.39 is 28.0 Å². The van der Waals surface area contributed by atoms with Gasteiger partial charge in [-0.25, -0.2) is 17.8 Å². The van der Waals surface area contributed by atoms with Crippen LogP contribution in [0, 0.1) is 12.8 Å². The second kappa shape index (κ2) is 10.7. The number of fused-ring (bicyclic) bond motifs is 1. The number of aryl methyl sites for hydroxylation is 2. The minimum Gasteiger partial charge on any atom is -0.358 e. The van der Waals surface area contributed by atoms with Crippen molar-refractivity contribution < 1.29 is 22.3 Å². The number of aromatic nitrogens is 4. The van der Waals surface area contributed by atoms with Crippen molar-refractivity contribution in [3.8, 4) is 11.1 Å². The van der Waals surface area contributed by atoms with Crippen molar-refractivity contribution >= 4 is 49.8 Å². The fourth-order valence-corrected chi connectivity index (χ4v) is 5.91. The summed E-state index contributed by atoms with van der Waals surface area (Å²) >= 11 is 0. The highest BCUT2D eigenvalue weighted by atomic mass is 32.2. The van der Waals surface area contributed by atoms with Gasteiger partial charge < -0.3 is 19.9 Å². The van der Waals surface area contributed by atoms with E-state index in [0.717, 1.165) is 47.7 Å². The first-order valence-corrected chi connectivity index (χ1v) is 15.8. The molecule has 0 radical (unpaired) electrons. The molecule has 0 spiro atoms. The van der Waals surface area contributed by atoms with E-state index in [2.05, 4.69) is 15.7 Å². The standard InChI is InChI=1S/C29H34FN7O4S/c1-17-11-21-24(32-23-9-8-18(19-15-31-35(2)16-19)12-25(23)36(3)42(4,39)40)14-26(34-29(38)20-13-22(20)30)33-28(21)37(17)27-7-5-6-10-41-27/h8-9,11-12,14-16,20,22,27H,5-7,10,13H2,1-4H3,(H2,32,33,34,38)/t20-,22+,27?/m1/s1. The predicted octanol–water partition coefficient (Wildman–Crippen LogP) is 4.88.